The van der Waals surface area contributed by atoms with Gasteiger partial charge in [-0.15, -0.1) is 0 Å². The first-order valence-corrected chi connectivity index (χ1v) is 6.72. The summed E-state index contributed by atoms with van der Waals surface area (Å²) in [6, 6.07) is 11.0. The van der Waals surface area contributed by atoms with Crippen molar-refractivity contribution in [1.29, 1.82) is 0 Å². The molecular weight excluding hydrogens is 263 g/mol. The fourth-order valence-corrected chi connectivity index (χ4v) is 2.66. The molecule has 1 saturated carbocycles. The number of hydrogen-bond acceptors (Lipinski definition) is 2. The third-order valence-electron chi connectivity index (χ3n) is 3.58. The van der Waals surface area contributed by atoms with Crippen LogP contribution in [0.25, 0.3) is 0 Å². The van der Waals surface area contributed by atoms with Gasteiger partial charge in [0.15, 0.2) is 5.15 Å². The molecule has 0 aliphatic heterocycles. The Hall–Kier alpha value is -1.61. The second-order valence-electron chi connectivity index (χ2n) is 4.91. The third-order valence-corrected chi connectivity index (χ3v) is 3.88. The van der Waals surface area contributed by atoms with Crippen LogP contribution in [0.2, 0.25) is 5.15 Å². The Kier molecular flexibility index (Phi) is 3.38. The molecule has 1 aliphatic carbocycles. The lowest BCUT2D eigenvalue weighted by Gasteiger charge is -2.37. The lowest BCUT2D eigenvalue weighted by atomic mass is 9.76. The zero-order valence-electron chi connectivity index (χ0n) is 10.3. The van der Waals surface area contributed by atoms with Crippen molar-refractivity contribution in [2.75, 3.05) is 5.32 Å². The Morgan fingerprint density at radius 1 is 1.21 bits per heavy atom. The van der Waals surface area contributed by atoms with Crippen LogP contribution in [-0.4, -0.2) is 11.0 Å². The van der Waals surface area contributed by atoms with E-state index in [-0.39, 0.29) is 5.82 Å². The predicted octanol–water partition coefficient (Wildman–Crippen LogP) is 4.23. The van der Waals surface area contributed by atoms with E-state index >= 15 is 0 Å². The van der Waals surface area contributed by atoms with E-state index in [1.54, 1.807) is 18.3 Å². The molecule has 0 amide bonds. The highest BCUT2D eigenvalue weighted by Gasteiger charge is 2.30. The van der Waals surface area contributed by atoms with Crippen LogP contribution in [0.15, 0.2) is 42.6 Å². The van der Waals surface area contributed by atoms with Crippen LogP contribution in [0, 0.1) is 5.82 Å². The van der Waals surface area contributed by atoms with Gasteiger partial charge in [0.1, 0.15) is 5.82 Å². The molecule has 1 aliphatic rings. The molecule has 1 N–H and O–H groups in total. The van der Waals surface area contributed by atoms with E-state index < -0.39 is 0 Å². The number of benzene rings is 1. The predicted molar refractivity (Wildman–Crippen MR) is 75.0 cm³/mol. The molecule has 0 unspecified atom stereocenters. The number of anilines is 1. The molecule has 0 spiro atoms. The van der Waals surface area contributed by atoms with Gasteiger partial charge in [0.2, 0.25) is 0 Å². The Morgan fingerprint density at radius 2 is 2.05 bits per heavy atom. The summed E-state index contributed by atoms with van der Waals surface area (Å²) in [5.74, 6) is 0.271. The number of nitrogens with one attached hydrogen (secondary N) is 1. The molecule has 0 bridgehead atoms. The van der Waals surface area contributed by atoms with Gasteiger partial charge in [0, 0.05) is 12.2 Å². The zero-order chi connectivity index (χ0) is 13.2. The lowest BCUT2D eigenvalue weighted by molar-refractivity contribution is 0.373. The Balaban J connectivity index is 1.60. The number of pyridine rings is 1. The van der Waals surface area contributed by atoms with Crippen LogP contribution in [0.4, 0.5) is 10.1 Å². The molecule has 2 aromatic rings. The monoisotopic (exact) mass is 276 g/mol. The van der Waals surface area contributed by atoms with Crippen LogP contribution >= 0.6 is 11.6 Å². The fraction of sp³-hybridized carbons (Fsp3) is 0.267. The topological polar surface area (TPSA) is 24.9 Å². The van der Waals surface area contributed by atoms with Crippen molar-refractivity contribution in [3.8, 4) is 0 Å². The highest BCUT2D eigenvalue weighted by atomic mass is 35.5. The van der Waals surface area contributed by atoms with E-state index in [1.807, 2.05) is 18.2 Å². The van der Waals surface area contributed by atoms with Gasteiger partial charge in [0.25, 0.3) is 0 Å². The second-order valence-corrected chi connectivity index (χ2v) is 5.26. The molecule has 98 valence electrons. The van der Waals surface area contributed by atoms with Gasteiger partial charge >= 0.3 is 0 Å². The van der Waals surface area contributed by atoms with E-state index in [0.29, 0.717) is 17.1 Å². The van der Waals surface area contributed by atoms with Gasteiger partial charge in [-0.1, -0.05) is 23.7 Å². The van der Waals surface area contributed by atoms with Crippen molar-refractivity contribution in [1.82, 2.24) is 4.98 Å². The summed E-state index contributed by atoms with van der Waals surface area (Å²) in [6.07, 6.45) is 3.66. The first-order chi connectivity index (χ1) is 9.22. The summed E-state index contributed by atoms with van der Waals surface area (Å²) in [5.41, 5.74) is 1.95. The molecule has 1 aromatic heterocycles. The maximum Gasteiger partial charge on any atom is 0.152 e. The quantitative estimate of drug-likeness (QED) is 0.849. The fourth-order valence-electron chi connectivity index (χ4n) is 2.48. The first-order valence-electron chi connectivity index (χ1n) is 6.35. The summed E-state index contributed by atoms with van der Waals surface area (Å²) in [6.45, 7) is 0. The normalized spacial score (nSPS) is 21.8. The van der Waals surface area contributed by atoms with Crippen LogP contribution in [0.5, 0.6) is 0 Å². The van der Waals surface area contributed by atoms with Gasteiger partial charge < -0.3 is 5.32 Å². The van der Waals surface area contributed by atoms with Crippen molar-refractivity contribution in [2.45, 2.75) is 24.8 Å². The molecule has 0 atom stereocenters. The van der Waals surface area contributed by atoms with Gasteiger partial charge in [-0.25, -0.2) is 9.37 Å². The molecule has 0 radical (unpaired) electrons. The molecule has 4 heteroatoms. The molecule has 19 heavy (non-hydrogen) atoms. The molecule has 1 fully saturated rings. The van der Waals surface area contributed by atoms with E-state index in [9.17, 15) is 4.39 Å². The molecular formula is C15H14ClFN2. The SMILES string of the molecule is Fc1cccc(C2CC(Nc3cccnc3Cl)C2)c1. The molecule has 3 rings (SSSR count). The average molecular weight is 277 g/mol. The summed E-state index contributed by atoms with van der Waals surface area (Å²) < 4.78 is 13.1. The molecule has 2 nitrogen and oxygen atoms in total. The smallest absolute Gasteiger partial charge is 0.152 e. The van der Waals surface area contributed by atoms with Crippen LogP contribution in [0.1, 0.15) is 24.3 Å². The number of halogens is 2. The maximum absolute atomic E-state index is 13.1. The minimum absolute atomic E-state index is 0.163. The molecule has 1 heterocycles. The third kappa shape index (κ3) is 2.71. The Morgan fingerprint density at radius 3 is 2.79 bits per heavy atom. The minimum Gasteiger partial charge on any atom is -0.380 e. The molecule has 1 aromatic carbocycles. The van der Waals surface area contributed by atoms with Gasteiger partial charge in [0.05, 0.1) is 5.69 Å². The van der Waals surface area contributed by atoms with Crippen LogP contribution < -0.4 is 5.32 Å². The summed E-state index contributed by atoms with van der Waals surface area (Å²) in [7, 11) is 0. The van der Waals surface area contributed by atoms with Crippen molar-refractivity contribution < 1.29 is 4.39 Å². The van der Waals surface area contributed by atoms with Crippen molar-refractivity contribution in [3.63, 3.8) is 0 Å². The highest BCUT2D eigenvalue weighted by Crippen LogP contribution is 2.39. The van der Waals surface area contributed by atoms with Crippen molar-refractivity contribution in [2.24, 2.45) is 0 Å². The second kappa shape index (κ2) is 5.17. The first kappa shape index (κ1) is 12.4. The highest BCUT2D eigenvalue weighted by molar-refractivity contribution is 6.31. The Bertz CT molecular complexity index is 582. The summed E-state index contributed by atoms with van der Waals surface area (Å²) in [4.78, 5) is 4.03. The van der Waals surface area contributed by atoms with E-state index in [4.69, 9.17) is 11.6 Å². The van der Waals surface area contributed by atoms with Crippen molar-refractivity contribution >= 4 is 17.3 Å². The number of hydrogen-bond donors (Lipinski definition) is 1. The standard InChI is InChI=1S/C15H14ClFN2/c16-15-14(5-2-6-18-15)19-13-8-11(9-13)10-3-1-4-12(17)7-10/h1-7,11,13,19H,8-9H2. The van der Waals surface area contributed by atoms with Gasteiger partial charge in [-0.3, -0.25) is 0 Å². The number of rotatable bonds is 3. The van der Waals surface area contributed by atoms with Gasteiger partial charge in [-0.05, 0) is 48.6 Å². The number of aromatic nitrogens is 1. The van der Waals surface area contributed by atoms with E-state index in [1.165, 1.54) is 6.07 Å². The summed E-state index contributed by atoms with van der Waals surface area (Å²) >= 11 is 6.00. The molecule has 0 saturated heterocycles. The average Bonchev–Trinajstić information content (AvgIpc) is 2.35. The van der Waals surface area contributed by atoms with E-state index in [0.717, 1.165) is 24.1 Å². The summed E-state index contributed by atoms with van der Waals surface area (Å²) in [5, 5.41) is 3.87. The minimum atomic E-state index is -0.163. The maximum atomic E-state index is 13.1. The largest absolute Gasteiger partial charge is 0.380 e. The lowest BCUT2D eigenvalue weighted by Crippen LogP contribution is -2.34. The number of nitrogens with zero attached hydrogens (tertiary/aromatic N) is 1. The van der Waals surface area contributed by atoms with E-state index in [2.05, 4.69) is 10.3 Å². The van der Waals surface area contributed by atoms with Crippen molar-refractivity contribution in [3.05, 3.63) is 59.1 Å². The van der Waals surface area contributed by atoms with Crippen LogP contribution in [0.3, 0.4) is 0 Å². The zero-order valence-corrected chi connectivity index (χ0v) is 11.1. The van der Waals surface area contributed by atoms with Crippen LogP contribution in [-0.2, 0) is 0 Å². The van der Waals surface area contributed by atoms with Gasteiger partial charge in [-0.2, -0.15) is 0 Å². The Labute approximate surface area is 116 Å².